The zero-order valence-electron chi connectivity index (χ0n) is 15.2. The van der Waals surface area contributed by atoms with Crippen molar-refractivity contribution in [2.45, 2.75) is 19.8 Å². The lowest BCUT2D eigenvalue weighted by Crippen LogP contribution is -2.34. The zero-order valence-corrected chi connectivity index (χ0v) is 15.2. The zero-order chi connectivity index (χ0) is 19.0. The molecule has 4 nitrogen and oxygen atoms in total. The largest absolute Gasteiger partial charge is 0.478 e. The van der Waals surface area contributed by atoms with Crippen molar-refractivity contribution < 1.29 is 14.3 Å². The Morgan fingerprint density at radius 1 is 1.11 bits per heavy atom. The minimum atomic E-state index is -0.967. The Hall–Kier alpha value is -2.95. The number of carboxylic acid groups (broad SMARTS) is 1. The molecule has 0 amide bonds. The summed E-state index contributed by atoms with van der Waals surface area (Å²) in [5.41, 5.74) is 2.86. The van der Waals surface area contributed by atoms with Crippen molar-refractivity contribution in [3.05, 3.63) is 59.9 Å². The molecule has 1 N–H and O–H groups in total. The van der Waals surface area contributed by atoms with Crippen LogP contribution in [0, 0.1) is 11.7 Å². The molecule has 5 heteroatoms. The van der Waals surface area contributed by atoms with E-state index in [4.69, 9.17) is 4.98 Å². The van der Waals surface area contributed by atoms with Crippen molar-refractivity contribution in [1.29, 1.82) is 0 Å². The minimum absolute atomic E-state index is 0.273. The number of anilines is 1. The first-order valence-corrected chi connectivity index (χ1v) is 9.21. The van der Waals surface area contributed by atoms with Gasteiger partial charge < -0.3 is 10.0 Å². The lowest BCUT2D eigenvalue weighted by Gasteiger charge is -2.34. The molecule has 0 bridgehead atoms. The average Bonchev–Trinajstić information content (AvgIpc) is 2.67. The van der Waals surface area contributed by atoms with Crippen molar-refractivity contribution in [3.8, 4) is 11.3 Å². The molecule has 3 aromatic rings. The Balaban J connectivity index is 2.01. The first kappa shape index (κ1) is 17.5. The number of halogens is 1. The molecule has 0 unspecified atom stereocenters. The molecule has 0 radical (unpaired) electrons. The smallest absolute Gasteiger partial charge is 0.338 e. The van der Waals surface area contributed by atoms with E-state index in [-0.39, 0.29) is 11.4 Å². The maximum absolute atomic E-state index is 13.4. The van der Waals surface area contributed by atoms with Crippen LogP contribution in [-0.4, -0.2) is 29.1 Å². The van der Waals surface area contributed by atoms with E-state index in [0.29, 0.717) is 28.2 Å². The van der Waals surface area contributed by atoms with Crippen LogP contribution in [0.2, 0.25) is 0 Å². The maximum Gasteiger partial charge on any atom is 0.338 e. The fraction of sp³-hybridized carbons (Fsp3) is 0.273. The summed E-state index contributed by atoms with van der Waals surface area (Å²) in [5.74, 6) is -0.672. The van der Waals surface area contributed by atoms with Gasteiger partial charge in [0.15, 0.2) is 0 Å². The molecular weight excluding hydrogens is 343 g/mol. The summed E-state index contributed by atoms with van der Waals surface area (Å²) < 4.78 is 13.4. The Bertz CT molecular complexity index is 993. The van der Waals surface area contributed by atoms with Crippen LogP contribution < -0.4 is 4.90 Å². The molecule has 27 heavy (non-hydrogen) atoms. The minimum Gasteiger partial charge on any atom is -0.478 e. The third-order valence-electron chi connectivity index (χ3n) is 5.30. The second-order valence-corrected chi connectivity index (χ2v) is 7.18. The molecule has 1 aromatic heterocycles. The van der Waals surface area contributed by atoms with E-state index in [2.05, 4.69) is 11.8 Å². The Morgan fingerprint density at radius 3 is 2.44 bits per heavy atom. The van der Waals surface area contributed by atoms with E-state index in [0.717, 1.165) is 31.5 Å². The summed E-state index contributed by atoms with van der Waals surface area (Å²) in [6.45, 7) is 3.79. The van der Waals surface area contributed by atoms with Crippen LogP contribution in [0.5, 0.6) is 0 Å². The Kier molecular flexibility index (Phi) is 4.52. The third kappa shape index (κ3) is 3.25. The van der Waals surface area contributed by atoms with Gasteiger partial charge in [0.2, 0.25) is 0 Å². The molecule has 0 spiro atoms. The fourth-order valence-corrected chi connectivity index (χ4v) is 3.77. The fourth-order valence-electron chi connectivity index (χ4n) is 3.77. The molecule has 1 fully saturated rings. The molecule has 0 aliphatic carbocycles. The summed E-state index contributed by atoms with van der Waals surface area (Å²) in [7, 11) is 0. The molecule has 138 valence electrons. The van der Waals surface area contributed by atoms with Crippen molar-refractivity contribution in [1.82, 2.24) is 4.98 Å². The number of piperidine rings is 1. The first-order valence-electron chi connectivity index (χ1n) is 9.21. The number of rotatable bonds is 3. The van der Waals surface area contributed by atoms with Gasteiger partial charge in [-0.1, -0.05) is 25.1 Å². The molecule has 2 aromatic carbocycles. The van der Waals surface area contributed by atoms with Crippen LogP contribution in [0.3, 0.4) is 0 Å². The summed E-state index contributed by atoms with van der Waals surface area (Å²) in [6, 6.07) is 13.4. The highest BCUT2D eigenvalue weighted by Crippen LogP contribution is 2.38. The quantitative estimate of drug-likeness (QED) is 0.712. The normalized spacial score (nSPS) is 15.3. The second-order valence-electron chi connectivity index (χ2n) is 7.18. The van der Waals surface area contributed by atoms with E-state index in [9.17, 15) is 14.3 Å². The first-order chi connectivity index (χ1) is 13.0. The number of carboxylic acids is 1. The van der Waals surface area contributed by atoms with Gasteiger partial charge in [-0.05, 0) is 49.1 Å². The van der Waals surface area contributed by atoms with Crippen molar-refractivity contribution >= 4 is 22.6 Å². The molecule has 2 heterocycles. The van der Waals surface area contributed by atoms with E-state index in [1.807, 2.05) is 18.2 Å². The van der Waals surface area contributed by atoms with Gasteiger partial charge in [0.05, 0.1) is 22.5 Å². The molecule has 0 saturated carbocycles. The van der Waals surface area contributed by atoms with E-state index < -0.39 is 5.97 Å². The topological polar surface area (TPSA) is 53.4 Å². The third-order valence-corrected chi connectivity index (χ3v) is 5.30. The molecule has 1 aliphatic heterocycles. The van der Waals surface area contributed by atoms with Gasteiger partial charge in [-0.15, -0.1) is 0 Å². The number of carbonyl (C=O) groups is 1. The lowest BCUT2D eigenvalue weighted by atomic mass is 9.95. The summed E-state index contributed by atoms with van der Waals surface area (Å²) in [4.78, 5) is 19.2. The van der Waals surface area contributed by atoms with Gasteiger partial charge in [0.25, 0.3) is 0 Å². The number of aromatic nitrogens is 1. The molecular formula is C22H21FN2O2. The SMILES string of the molecule is CC1CCN(c2c(-c3ccc(F)cc3)nc3ccccc3c2C(=O)O)CC1. The van der Waals surface area contributed by atoms with Crippen molar-refractivity contribution in [3.63, 3.8) is 0 Å². The van der Waals surface area contributed by atoms with E-state index in [1.165, 1.54) is 12.1 Å². The van der Waals surface area contributed by atoms with Crippen LogP contribution >= 0.6 is 0 Å². The van der Waals surface area contributed by atoms with Crippen molar-refractivity contribution in [2.24, 2.45) is 5.92 Å². The summed E-state index contributed by atoms with van der Waals surface area (Å²) in [5, 5.41) is 10.7. The maximum atomic E-state index is 13.4. The standard InChI is InChI=1S/C22H21FN2O2/c1-14-10-12-25(13-11-14)21-19(22(26)27)17-4-2-3-5-18(17)24-20(21)15-6-8-16(23)9-7-15/h2-9,14H,10-13H2,1H3,(H,26,27). The van der Waals surface area contributed by atoms with E-state index in [1.54, 1.807) is 18.2 Å². The summed E-state index contributed by atoms with van der Waals surface area (Å²) >= 11 is 0. The molecule has 0 atom stereocenters. The van der Waals surface area contributed by atoms with Gasteiger partial charge in [-0.2, -0.15) is 0 Å². The van der Waals surface area contributed by atoms with Crippen LogP contribution in [-0.2, 0) is 0 Å². The van der Waals surface area contributed by atoms with Crippen LogP contribution in [0.25, 0.3) is 22.2 Å². The number of hydrogen-bond donors (Lipinski definition) is 1. The predicted molar refractivity (Wildman–Crippen MR) is 105 cm³/mol. The van der Waals surface area contributed by atoms with Crippen LogP contribution in [0.1, 0.15) is 30.1 Å². The highest BCUT2D eigenvalue weighted by molar-refractivity contribution is 6.10. The second kappa shape index (κ2) is 6.99. The number of fused-ring (bicyclic) bond motifs is 1. The lowest BCUT2D eigenvalue weighted by molar-refractivity contribution is 0.0699. The highest BCUT2D eigenvalue weighted by atomic mass is 19.1. The molecule has 4 rings (SSSR count). The number of pyridine rings is 1. The van der Waals surface area contributed by atoms with Gasteiger partial charge in [0.1, 0.15) is 5.82 Å². The van der Waals surface area contributed by atoms with E-state index >= 15 is 0 Å². The van der Waals surface area contributed by atoms with Gasteiger partial charge in [-0.3, -0.25) is 0 Å². The predicted octanol–water partition coefficient (Wildman–Crippen LogP) is 4.98. The Labute approximate surface area is 157 Å². The number of benzene rings is 2. The van der Waals surface area contributed by atoms with Gasteiger partial charge in [0, 0.05) is 24.0 Å². The summed E-state index contributed by atoms with van der Waals surface area (Å²) in [6.07, 6.45) is 2.02. The highest BCUT2D eigenvalue weighted by Gasteiger charge is 2.27. The number of para-hydroxylation sites is 1. The Morgan fingerprint density at radius 2 is 1.78 bits per heavy atom. The average molecular weight is 364 g/mol. The number of hydrogen-bond acceptors (Lipinski definition) is 3. The number of nitrogens with zero attached hydrogens (tertiary/aromatic N) is 2. The number of aromatic carboxylic acids is 1. The van der Waals surface area contributed by atoms with Gasteiger partial charge in [-0.25, -0.2) is 14.2 Å². The van der Waals surface area contributed by atoms with Crippen molar-refractivity contribution in [2.75, 3.05) is 18.0 Å². The molecule has 1 saturated heterocycles. The van der Waals surface area contributed by atoms with Crippen LogP contribution in [0.15, 0.2) is 48.5 Å². The van der Waals surface area contributed by atoms with Crippen LogP contribution in [0.4, 0.5) is 10.1 Å². The molecule has 1 aliphatic rings. The monoisotopic (exact) mass is 364 g/mol. The van der Waals surface area contributed by atoms with Gasteiger partial charge >= 0.3 is 5.97 Å².